The summed E-state index contributed by atoms with van der Waals surface area (Å²) >= 11 is 0. The van der Waals surface area contributed by atoms with Crippen molar-refractivity contribution in [3.63, 3.8) is 0 Å². The van der Waals surface area contributed by atoms with Gasteiger partial charge in [-0.3, -0.25) is 9.69 Å². The molecule has 1 fully saturated rings. The summed E-state index contributed by atoms with van der Waals surface area (Å²) in [4.78, 5) is 29.6. The topological polar surface area (TPSA) is 93.6 Å². The minimum Gasteiger partial charge on any atom is -0.444 e. The molecule has 2 aliphatic heterocycles. The van der Waals surface area contributed by atoms with E-state index in [1.165, 1.54) is 4.90 Å². The average Bonchev–Trinajstić information content (AvgIpc) is 2.86. The first-order valence-corrected chi connectivity index (χ1v) is 9.62. The highest BCUT2D eigenvalue weighted by atomic mass is 16.6. The van der Waals surface area contributed by atoms with Crippen LogP contribution in [0.3, 0.4) is 0 Å². The van der Waals surface area contributed by atoms with Gasteiger partial charge in [0.25, 0.3) is 5.91 Å². The molecule has 1 saturated heterocycles. The fraction of sp³-hybridized carbons (Fsp3) is 0.600. The minimum absolute atomic E-state index is 0.0565. The third kappa shape index (κ3) is 4.63. The number of piperazine rings is 1. The molecule has 2 N–H and O–H groups in total. The van der Waals surface area contributed by atoms with Gasteiger partial charge in [0.05, 0.1) is 12.6 Å². The minimum atomic E-state index is -1.03. The number of fused-ring (bicyclic) bond motifs is 1. The van der Waals surface area contributed by atoms with Crippen LogP contribution in [0.1, 0.15) is 42.9 Å². The van der Waals surface area contributed by atoms with Crippen molar-refractivity contribution in [1.82, 2.24) is 14.7 Å². The number of benzene rings is 1. The van der Waals surface area contributed by atoms with E-state index in [1.807, 2.05) is 25.7 Å². The van der Waals surface area contributed by atoms with Gasteiger partial charge < -0.3 is 24.7 Å². The average molecular weight is 391 g/mol. The molecule has 0 bridgehead atoms. The predicted octanol–water partition coefficient (Wildman–Crippen LogP) is 1.05. The smallest absolute Gasteiger partial charge is 0.410 e. The number of aliphatic hydroxyl groups excluding tert-OH is 2. The molecule has 0 aliphatic carbocycles. The number of hydrogen-bond donors (Lipinski definition) is 2. The number of aliphatic hydroxyl groups is 2. The highest BCUT2D eigenvalue weighted by Crippen LogP contribution is 2.31. The Bertz CT molecular complexity index is 725. The van der Waals surface area contributed by atoms with E-state index in [0.29, 0.717) is 43.9 Å². The van der Waals surface area contributed by atoms with Crippen molar-refractivity contribution in [2.45, 2.75) is 38.7 Å². The molecular formula is C20H29N3O5. The normalized spacial score (nSPS) is 21.6. The predicted molar refractivity (Wildman–Crippen MR) is 103 cm³/mol. The number of carbonyl (C=O) groups excluding carboxylic acids is 2. The van der Waals surface area contributed by atoms with Gasteiger partial charge in [0.1, 0.15) is 5.60 Å². The Labute approximate surface area is 165 Å². The fourth-order valence-corrected chi connectivity index (χ4v) is 3.56. The maximum Gasteiger partial charge on any atom is 0.410 e. The SMILES string of the molecule is CC(C)(C)OC(=O)N1CCN(CC(O)CN2C(=O)c3ccccc3C2O)CC1. The molecule has 0 aromatic heterocycles. The summed E-state index contributed by atoms with van der Waals surface area (Å²) < 4.78 is 5.38. The van der Waals surface area contributed by atoms with Gasteiger partial charge >= 0.3 is 6.09 Å². The van der Waals surface area contributed by atoms with E-state index in [-0.39, 0.29) is 18.5 Å². The Kier molecular flexibility index (Phi) is 5.92. The van der Waals surface area contributed by atoms with E-state index < -0.39 is 17.9 Å². The molecule has 0 radical (unpaired) electrons. The van der Waals surface area contributed by atoms with Crippen molar-refractivity contribution in [2.75, 3.05) is 39.3 Å². The van der Waals surface area contributed by atoms with E-state index in [4.69, 9.17) is 4.74 Å². The van der Waals surface area contributed by atoms with Crippen molar-refractivity contribution >= 4 is 12.0 Å². The van der Waals surface area contributed by atoms with Crippen LogP contribution in [0.15, 0.2) is 24.3 Å². The molecule has 2 amide bonds. The van der Waals surface area contributed by atoms with Crippen molar-refractivity contribution in [3.8, 4) is 0 Å². The Morgan fingerprint density at radius 3 is 2.43 bits per heavy atom. The van der Waals surface area contributed by atoms with Crippen LogP contribution in [0.5, 0.6) is 0 Å². The van der Waals surface area contributed by atoms with Gasteiger partial charge in [0.15, 0.2) is 6.23 Å². The van der Waals surface area contributed by atoms with Gasteiger partial charge in [-0.1, -0.05) is 18.2 Å². The quantitative estimate of drug-likeness (QED) is 0.797. The second kappa shape index (κ2) is 8.06. The fourth-order valence-electron chi connectivity index (χ4n) is 3.56. The van der Waals surface area contributed by atoms with Gasteiger partial charge in [-0.2, -0.15) is 0 Å². The zero-order valence-electron chi connectivity index (χ0n) is 16.7. The molecule has 2 unspecified atom stereocenters. The summed E-state index contributed by atoms with van der Waals surface area (Å²) in [6.45, 7) is 8.23. The lowest BCUT2D eigenvalue weighted by molar-refractivity contribution is -0.0155. The van der Waals surface area contributed by atoms with Gasteiger partial charge in [0.2, 0.25) is 0 Å². The van der Waals surface area contributed by atoms with Crippen LogP contribution >= 0.6 is 0 Å². The van der Waals surface area contributed by atoms with Crippen LogP contribution in [-0.2, 0) is 4.74 Å². The molecule has 0 saturated carbocycles. The Hall–Kier alpha value is -2.16. The van der Waals surface area contributed by atoms with E-state index in [9.17, 15) is 19.8 Å². The number of nitrogens with zero attached hydrogens (tertiary/aromatic N) is 3. The number of ether oxygens (including phenoxy) is 1. The zero-order valence-corrected chi connectivity index (χ0v) is 16.7. The summed E-state index contributed by atoms with van der Waals surface area (Å²) in [5.74, 6) is -0.267. The molecule has 28 heavy (non-hydrogen) atoms. The lowest BCUT2D eigenvalue weighted by Gasteiger charge is -2.36. The number of β-amino-alcohol motifs (C(OH)–C–C–N with tert-alkyl or cyclic N) is 1. The van der Waals surface area contributed by atoms with Crippen LogP contribution < -0.4 is 0 Å². The van der Waals surface area contributed by atoms with E-state index in [2.05, 4.69) is 0 Å². The first kappa shape index (κ1) is 20.6. The van der Waals surface area contributed by atoms with E-state index >= 15 is 0 Å². The number of amides is 2. The Morgan fingerprint density at radius 2 is 1.82 bits per heavy atom. The van der Waals surface area contributed by atoms with Gasteiger partial charge in [0, 0.05) is 43.9 Å². The van der Waals surface area contributed by atoms with Crippen molar-refractivity contribution in [2.24, 2.45) is 0 Å². The lowest BCUT2D eigenvalue weighted by Crippen LogP contribution is -2.52. The molecule has 2 heterocycles. The Morgan fingerprint density at radius 1 is 1.18 bits per heavy atom. The molecule has 2 aliphatic rings. The van der Waals surface area contributed by atoms with Gasteiger partial charge in [-0.25, -0.2) is 4.79 Å². The molecule has 8 heteroatoms. The first-order chi connectivity index (χ1) is 13.2. The Balaban J connectivity index is 1.47. The second-order valence-electron chi connectivity index (χ2n) is 8.34. The molecule has 154 valence electrons. The maximum absolute atomic E-state index is 12.4. The van der Waals surface area contributed by atoms with Crippen LogP contribution in [0.4, 0.5) is 4.79 Å². The molecular weight excluding hydrogens is 362 g/mol. The summed E-state index contributed by atoms with van der Waals surface area (Å²) in [6.07, 6.45) is -2.14. The number of rotatable bonds is 4. The molecule has 0 spiro atoms. The van der Waals surface area contributed by atoms with Gasteiger partial charge in [-0.05, 0) is 26.8 Å². The third-order valence-electron chi connectivity index (χ3n) is 4.93. The second-order valence-corrected chi connectivity index (χ2v) is 8.34. The highest BCUT2D eigenvalue weighted by molar-refractivity contribution is 5.98. The molecule has 2 atom stereocenters. The lowest BCUT2D eigenvalue weighted by atomic mass is 10.1. The summed E-state index contributed by atoms with van der Waals surface area (Å²) in [7, 11) is 0. The number of hydrogen-bond acceptors (Lipinski definition) is 6. The number of carbonyl (C=O) groups is 2. The summed E-state index contributed by atoms with van der Waals surface area (Å²) in [6, 6.07) is 6.94. The van der Waals surface area contributed by atoms with Crippen LogP contribution in [0, 0.1) is 0 Å². The molecule has 3 rings (SSSR count). The van der Waals surface area contributed by atoms with E-state index in [0.717, 1.165) is 0 Å². The summed E-state index contributed by atoms with van der Waals surface area (Å²) in [5.41, 5.74) is 0.532. The first-order valence-electron chi connectivity index (χ1n) is 9.62. The van der Waals surface area contributed by atoms with Crippen molar-refractivity contribution in [1.29, 1.82) is 0 Å². The summed E-state index contributed by atoms with van der Waals surface area (Å²) in [5, 5.41) is 20.8. The van der Waals surface area contributed by atoms with Crippen molar-refractivity contribution < 1.29 is 24.5 Å². The third-order valence-corrected chi connectivity index (χ3v) is 4.93. The van der Waals surface area contributed by atoms with Crippen LogP contribution in [0.25, 0.3) is 0 Å². The highest BCUT2D eigenvalue weighted by Gasteiger charge is 2.36. The van der Waals surface area contributed by atoms with Crippen LogP contribution in [0.2, 0.25) is 0 Å². The zero-order chi connectivity index (χ0) is 20.5. The maximum atomic E-state index is 12.4. The molecule has 1 aromatic rings. The van der Waals surface area contributed by atoms with Crippen LogP contribution in [-0.4, -0.2) is 87.9 Å². The van der Waals surface area contributed by atoms with Gasteiger partial charge in [-0.15, -0.1) is 0 Å². The molecule has 1 aromatic carbocycles. The van der Waals surface area contributed by atoms with E-state index in [1.54, 1.807) is 29.2 Å². The molecule has 8 nitrogen and oxygen atoms in total. The largest absolute Gasteiger partial charge is 0.444 e. The monoisotopic (exact) mass is 391 g/mol. The van der Waals surface area contributed by atoms with Crippen molar-refractivity contribution in [3.05, 3.63) is 35.4 Å². The standard InChI is InChI=1S/C20H29N3O5/c1-20(2,3)28-19(27)22-10-8-21(9-11-22)12-14(24)13-23-17(25)15-6-4-5-7-16(15)18(23)26/h4-7,14,17,24-25H,8-13H2,1-3H3.